The Morgan fingerprint density at radius 3 is 3.05 bits per heavy atom. The highest BCUT2D eigenvalue weighted by Crippen LogP contribution is 2.13. The van der Waals surface area contributed by atoms with Crippen LogP contribution in [0.5, 0.6) is 5.75 Å². The Hall–Kier alpha value is -1.88. The lowest BCUT2D eigenvalue weighted by Gasteiger charge is -2.04. The number of benzene rings is 1. The average molecular weight is 260 g/mol. The Morgan fingerprint density at radius 1 is 1.37 bits per heavy atom. The average Bonchev–Trinajstić information content (AvgIpc) is 2.87. The van der Waals surface area contributed by atoms with E-state index < -0.39 is 0 Å². The lowest BCUT2D eigenvalue weighted by molar-refractivity contribution is 0.414. The molecule has 5 nitrogen and oxygen atoms in total. The number of rotatable bonds is 7. The minimum atomic E-state index is 0.706. The van der Waals surface area contributed by atoms with Crippen LogP contribution >= 0.6 is 0 Å². The Bertz CT molecular complexity index is 510. The van der Waals surface area contributed by atoms with Gasteiger partial charge in [-0.05, 0) is 30.7 Å². The molecular formula is C14H20N4O. The first-order valence-corrected chi connectivity index (χ1v) is 6.53. The molecule has 0 radical (unpaired) electrons. The standard InChI is InChI=1S/C14H20N4O/c1-3-7-15-9-14-16-11-18(17-14)10-12-5-4-6-13(8-12)19-2/h4-6,8,11,15H,3,7,9-10H2,1-2H3. The van der Waals surface area contributed by atoms with Crippen molar-refractivity contribution < 1.29 is 4.74 Å². The van der Waals surface area contributed by atoms with Gasteiger partial charge in [-0.2, -0.15) is 5.10 Å². The van der Waals surface area contributed by atoms with Crippen LogP contribution in [0.1, 0.15) is 24.7 Å². The topological polar surface area (TPSA) is 52.0 Å². The second-order valence-corrected chi connectivity index (χ2v) is 4.39. The van der Waals surface area contributed by atoms with Gasteiger partial charge in [0.2, 0.25) is 0 Å². The number of hydrogen-bond acceptors (Lipinski definition) is 4. The number of aromatic nitrogens is 3. The first-order chi connectivity index (χ1) is 9.31. The second kappa shape index (κ2) is 6.89. The first kappa shape index (κ1) is 13.5. The molecule has 102 valence electrons. The maximum Gasteiger partial charge on any atom is 0.164 e. The molecule has 0 bridgehead atoms. The summed E-state index contributed by atoms with van der Waals surface area (Å²) in [5.41, 5.74) is 1.15. The summed E-state index contributed by atoms with van der Waals surface area (Å²) in [5.74, 6) is 1.69. The molecular weight excluding hydrogens is 240 g/mol. The van der Waals surface area contributed by atoms with Crippen LogP contribution in [0.25, 0.3) is 0 Å². The molecule has 0 aliphatic rings. The molecule has 1 aromatic carbocycles. The quantitative estimate of drug-likeness (QED) is 0.772. The summed E-state index contributed by atoms with van der Waals surface area (Å²) in [6.07, 6.45) is 2.88. The maximum atomic E-state index is 5.21. The van der Waals surface area contributed by atoms with Crippen molar-refractivity contribution in [1.82, 2.24) is 20.1 Å². The van der Waals surface area contributed by atoms with Gasteiger partial charge in [0.05, 0.1) is 20.2 Å². The number of nitrogens with one attached hydrogen (secondary N) is 1. The van der Waals surface area contributed by atoms with Crippen molar-refractivity contribution in [2.45, 2.75) is 26.4 Å². The van der Waals surface area contributed by atoms with Gasteiger partial charge < -0.3 is 10.1 Å². The van der Waals surface area contributed by atoms with Crippen molar-refractivity contribution in [2.24, 2.45) is 0 Å². The third-order valence-electron chi connectivity index (χ3n) is 2.77. The van der Waals surface area contributed by atoms with Gasteiger partial charge in [-0.15, -0.1) is 0 Å². The van der Waals surface area contributed by atoms with Gasteiger partial charge in [-0.1, -0.05) is 19.1 Å². The molecule has 0 atom stereocenters. The van der Waals surface area contributed by atoms with Gasteiger partial charge in [0.25, 0.3) is 0 Å². The lowest BCUT2D eigenvalue weighted by Crippen LogP contribution is -2.15. The molecule has 1 heterocycles. The Morgan fingerprint density at radius 2 is 2.26 bits per heavy atom. The smallest absolute Gasteiger partial charge is 0.164 e. The van der Waals surface area contributed by atoms with Crippen molar-refractivity contribution >= 4 is 0 Å². The largest absolute Gasteiger partial charge is 0.497 e. The molecule has 0 fully saturated rings. The summed E-state index contributed by atoms with van der Waals surface area (Å²) in [7, 11) is 1.67. The summed E-state index contributed by atoms with van der Waals surface area (Å²) in [6.45, 7) is 4.56. The molecule has 2 aromatic rings. The zero-order valence-corrected chi connectivity index (χ0v) is 11.5. The highest BCUT2D eigenvalue weighted by atomic mass is 16.5. The molecule has 19 heavy (non-hydrogen) atoms. The summed E-state index contributed by atoms with van der Waals surface area (Å²) >= 11 is 0. The number of methoxy groups -OCH3 is 1. The summed E-state index contributed by atoms with van der Waals surface area (Å²) in [6, 6.07) is 7.98. The van der Waals surface area contributed by atoms with Gasteiger partial charge in [0, 0.05) is 0 Å². The molecule has 0 amide bonds. The normalized spacial score (nSPS) is 10.6. The van der Waals surface area contributed by atoms with Crippen molar-refractivity contribution in [2.75, 3.05) is 13.7 Å². The SMILES string of the molecule is CCCNCc1ncn(Cc2cccc(OC)c2)n1. The molecule has 0 saturated carbocycles. The van der Waals surface area contributed by atoms with Crippen LogP contribution in [0.15, 0.2) is 30.6 Å². The van der Waals surface area contributed by atoms with Crippen molar-refractivity contribution in [3.63, 3.8) is 0 Å². The van der Waals surface area contributed by atoms with Crippen molar-refractivity contribution in [3.8, 4) is 5.75 Å². The Kier molecular flexibility index (Phi) is 4.92. The molecule has 0 unspecified atom stereocenters. The van der Waals surface area contributed by atoms with E-state index in [1.807, 2.05) is 22.9 Å². The minimum Gasteiger partial charge on any atom is -0.497 e. The summed E-state index contributed by atoms with van der Waals surface area (Å²) in [4.78, 5) is 4.28. The fourth-order valence-corrected chi connectivity index (χ4v) is 1.83. The summed E-state index contributed by atoms with van der Waals surface area (Å²) < 4.78 is 7.05. The van der Waals surface area contributed by atoms with Crippen LogP contribution in [0.3, 0.4) is 0 Å². The number of nitrogens with zero attached hydrogens (tertiary/aromatic N) is 3. The highest BCUT2D eigenvalue weighted by Gasteiger charge is 2.02. The second-order valence-electron chi connectivity index (χ2n) is 4.39. The molecule has 0 spiro atoms. The zero-order chi connectivity index (χ0) is 13.5. The van der Waals surface area contributed by atoms with Crippen molar-refractivity contribution in [1.29, 1.82) is 0 Å². The van der Waals surface area contributed by atoms with Gasteiger partial charge >= 0.3 is 0 Å². The molecule has 1 N–H and O–H groups in total. The molecule has 0 aliphatic carbocycles. The van der Waals surface area contributed by atoms with E-state index in [0.717, 1.165) is 36.6 Å². The van der Waals surface area contributed by atoms with E-state index in [9.17, 15) is 0 Å². The molecule has 1 aromatic heterocycles. The predicted molar refractivity (Wildman–Crippen MR) is 74.1 cm³/mol. The van der Waals surface area contributed by atoms with E-state index in [1.165, 1.54) is 0 Å². The van der Waals surface area contributed by atoms with Gasteiger partial charge in [-0.3, -0.25) is 0 Å². The van der Waals surface area contributed by atoms with Crippen LogP contribution in [0.4, 0.5) is 0 Å². The van der Waals surface area contributed by atoms with E-state index in [1.54, 1.807) is 13.4 Å². The van der Waals surface area contributed by atoms with Crippen LogP contribution in [-0.2, 0) is 13.1 Å². The summed E-state index contributed by atoms with van der Waals surface area (Å²) in [5, 5.41) is 7.72. The number of hydrogen-bond donors (Lipinski definition) is 1. The third kappa shape index (κ3) is 4.06. The highest BCUT2D eigenvalue weighted by molar-refractivity contribution is 5.28. The van der Waals surface area contributed by atoms with E-state index in [0.29, 0.717) is 6.54 Å². The maximum absolute atomic E-state index is 5.21. The van der Waals surface area contributed by atoms with E-state index in [4.69, 9.17) is 4.74 Å². The van der Waals surface area contributed by atoms with Crippen LogP contribution < -0.4 is 10.1 Å². The van der Waals surface area contributed by atoms with Crippen LogP contribution in [0, 0.1) is 0 Å². The Balaban J connectivity index is 1.95. The zero-order valence-electron chi connectivity index (χ0n) is 11.5. The minimum absolute atomic E-state index is 0.706. The fraction of sp³-hybridized carbons (Fsp3) is 0.429. The third-order valence-corrected chi connectivity index (χ3v) is 2.77. The molecule has 0 saturated heterocycles. The van der Waals surface area contributed by atoms with Crippen molar-refractivity contribution in [3.05, 3.63) is 42.0 Å². The monoisotopic (exact) mass is 260 g/mol. The van der Waals surface area contributed by atoms with Crippen LogP contribution in [0.2, 0.25) is 0 Å². The van der Waals surface area contributed by atoms with Gasteiger partial charge in [-0.25, -0.2) is 9.67 Å². The lowest BCUT2D eigenvalue weighted by atomic mass is 10.2. The Labute approximate surface area is 113 Å². The molecule has 0 aliphatic heterocycles. The van der Waals surface area contributed by atoms with E-state index in [2.05, 4.69) is 28.4 Å². The molecule has 5 heteroatoms. The van der Waals surface area contributed by atoms with Gasteiger partial charge in [0.15, 0.2) is 5.82 Å². The van der Waals surface area contributed by atoms with Gasteiger partial charge in [0.1, 0.15) is 12.1 Å². The molecule has 2 rings (SSSR count). The predicted octanol–water partition coefficient (Wildman–Crippen LogP) is 1.83. The fourth-order valence-electron chi connectivity index (χ4n) is 1.83. The first-order valence-electron chi connectivity index (χ1n) is 6.53. The van der Waals surface area contributed by atoms with Crippen LogP contribution in [-0.4, -0.2) is 28.4 Å². The van der Waals surface area contributed by atoms with E-state index in [-0.39, 0.29) is 0 Å². The van der Waals surface area contributed by atoms with E-state index >= 15 is 0 Å². The number of ether oxygens (including phenoxy) is 1.